The summed E-state index contributed by atoms with van der Waals surface area (Å²) >= 11 is 5.84. The lowest BCUT2D eigenvalue weighted by Gasteiger charge is -2.04. The number of aryl methyl sites for hydroxylation is 2. The maximum atomic E-state index is 11.9. The maximum Gasteiger partial charge on any atom is 0.311 e. The van der Waals surface area contributed by atoms with Crippen LogP contribution in [0.1, 0.15) is 24.3 Å². The zero-order valence-electron chi connectivity index (χ0n) is 12.7. The van der Waals surface area contributed by atoms with Gasteiger partial charge in [0.1, 0.15) is 11.3 Å². The number of benzene rings is 2. The van der Waals surface area contributed by atoms with Crippen LogP contribution in [0.3, 0.4) is 0 Å². The molecule has 23 heavy (non-hydrogen) atoms. The summed E-state index contributed by atoms with van der Waals surface area (Å²) in [6.45, 7) is 1.78. The molecule has 0 saturated heterocycles. The Kier molecular flexibility index (Phi) is 4.63. The number of aromatic nitrogens is 1. The van der Waals surface area contributed by atoms with Gasteiger partial charge in [-0.25, -0.2) is 4.98 Å². The first-order valence-corrected chi connectivity index (χ1v) is 7.80. The molecule has 1 heterocycles. The molecule has 2 aromatic carbocycles. The quantitative estimate of drug-likeness (QED) is 0.502. The van der Waals surface area contributed by atoms with Gasteiger partial charge in [0.05, 0.1) is 0 Å². The first-order chi connectivity index (χ1) is 11.1. The van der Waals surface area contributed by atoms with Crippen molar-refractivity contribution in [1.29, 1.82) is 0 Å². The monoisotopic (exact) mass is 329 g/mol. The third kappa shape index (κ3) is 4.11. The second-order valence-electron chi connectivity index (χ2n) is 5.32. The van der Waals surface area contributed by atoms with Crippen molar-refractivity contribution in [2.75, 3.05) is 0 Å². The van der Waals surface area contributed by atoms with Gasteiger partial charge in [0, 0.05) is 24.4 Å². The highest BCUT2D eigenvalue weighted by atomic mass is 35.5. The molecule has 0 saturated carbocycles. The molecule has 1 aromatic heterocycles. The van der Waals surface area contributed by atoms with Gasteiger partial charge in [-0.05, 0) is 42.7 Å². The Bertz CT molecular complexity index is 824. The van der Waals surface area contributed by atoms with Crippen LogP contribution in [0.4, 0.5) is 0 Å². The van der Waals surface area contributed by atoms with Crippen LogP contribution in [0.15, 0.2) is 46.9 Å². The van der Waals surface area contributed by atoms with Crippen LogP contribution in [-0.2, 0) is 11.2 Å². The Labute approximate surface area is 139 Å². The SMILES string of the molecule is Cc1nc2cc(OC(=O)CCCc3ccc(Cl)cc3)ccc2o1. The molecule has 3 aromatic rings. The van der Waals surface area contributed by atoms with E-state index in [1.807, 2.05) is 24.3 Å². The van der Waals surface area contributed by atoms with Crippen molar-refractivity contribution in [3.05, 3.63) is 58.9 Å². The normalized spacial score (nSPS) is 10.9. The van der Waals surface area contributed by atoms with E-state index < -0.39 is 0 Å². The summed E-state index contributed by atoms with van der Waals surface area (Å²) in [6.07, 6.45) is 1.90. The van der Waals surface area contributed by atoms with Crippen molar-refractivity contribution >= 4 is 28.7 Å². The topological polar surface area (TPSA) is 52.3 Å². The molecule has 3 rings (SSSR count). The maximum absolute atomic E-state index is 11.9. The molecule has 4 nitrogen and oxygen atoms in total. The summed E-state index contributed by atoms with van der Waals surface area (Å²) in [5, 5.41) is 0.714. The van der Waals surface area contributed by atoms with Gasteiger partial charge in [0.2, 0.25) is 0 Å². The Morgan fingerprint density at radius 1 is 1.22 bits per heavy atom. The highest BCUT2D eigenvalue weighted by molar-refractivity contribution is 6.30. The van der Waals surface area contributed by atoms with Crippen LogP contribution in [0.2, 0.25) is 5.02 Å². The van der Waals surface area contributed by atoms with Gasteiger partial charge in [-0.1, -0.05) is 23.7 Å². The van der Waals surface area contributed by atoms with E-state index in [4.69, 9.17) is 20.8 Å². The molecule has 0 spiro atoms. The zero-order chi connectivity index (χ0) is 16.2. The lowest BCUT2D eigenvalue weighted by atomic mass is 10.1. The number of halogens is 1. The molecule has 0 unspecified atom stereocenters. The van der Waals surface area contributed by atoms with E-state index in [0.29, 0.717) is 34.2 Å². The minimum atomic E-state index is -0.251. The van der Waals surface area contributed by atoms with Crippen LogP contribution < -0.4 is 4.74 Å². The zero-order valence-corrected chi connectivity index (χ0v) is 13.5. The summed E-state index contributed by atoms with van der Waals surface area (Å²) in [6, 6.07) is 12.8. The average Bonchev–Trinajstić information content (AvgIpc) is 2.88. The second kappa shape index (κ2) is 6.84. The van der Waals surface area contributed by atoms with Gasteiger partial charge in [0.25, 0.3) is 0 Å². The van der Waals surface area contributed by atoms with E-state index in [2.05, 4.69) is 4.98 Å². The van der Waals surface area contributed by atoms with Gasteiger partial charge < -0.3 is 9.15 Å². The van der Waals surface area contributed by atoms with E-state index in [-0.39, 0.29) is 5.97 Å². The fraction of sp³-hybridized carbons (Fsp3) is 0.222. The van der Waals surface area contributed by atoms with Crippen LogP contribution in [0.5, 0.6) is 5.75 Å². The lowest BCUT2D eigenvalue weighted by molar-refractivity contribution is -0.134. The lowest BCUT2D eigenvalue weighted by Crippen LogP contribution is -2.08. The van der Waals surface area contributed by atoms with Gasteiger partial charge in [0.15, 0.2) is 11.5 Å². The summed E-state index contributed by atoms with van der Waals surface area (Å²) in [5.41, 5.74) is 2.53. The number of ether oxygens (including phenoxy) is 1. The summed E-state index contributed by atoms with van der Waals surface area (Å²) in [4.78, 5) is 16.1. The number of carbonyl (C=O) groups excluding carboxylic acids is 1. The second-order valence-corrected chi connectivity index (χ2v) is 5.75. The molecule has 0 aliphatic heterocycles. The largest absolute Gasteiger partial charge is 0.441 e. The number of hydrogen-bond acceptors (Lipinski definition) is 4. The van der Waals surface area contributed by atoms with E-state index in [1.165, 1.54) is 0 Å². The number of rotatable bonds is 5. The molecule has 0 fully saturated rings. The number of carbonyl (C=O) groups is 1. The van der Waals surface area contributed by atoms with Crippen molar-refractivity contribution in [2.24, 2.45) is 0 Å². The standard InChI is InChI=1S/C18H16ClNO3/c1-12-20-16-11-15(9-10-17(16)22-12)23-18(21)4-2-3-13-5-7-14(19)8-6-13/h5-11H,2-4H2,1H3. The van der Waals surface area contributed by atoms with Crippen molar-refractivity contribution in [3.63, 3.8) is 0 Å². The fourth-order valence-electron chi connectivity index (χ4n) is 2.36. The van der Waals surface area contributed by atoms with E-state index in [1.54, 1.807) is 25.1 Å². The van der Waals surface area contributed by atoms with Crippen molar-refractivity contribution < 1.29 is 13.9 Å². The molecule has 0 aliphatic carbocycles. The summed E-state index contributed by atoms with van der Waals surface area (Å²) in [5.74, 6) is 0.826. The number of nitrogens with zero attached hydrogens (tertiary/aromatic N) is 1. The minimum Gasteiger partial charge on any atom is -0.441 e. The molecule has 0 N–H and O–H groups in total. The number of hydrogen-bond donors (Lipinski definition) is 0. The first kappa shape index (κ1) is 15.6. The van der Waals surface area contributed by atoms with Crippen molar-refractivity contribution in [2.45, 2.75) is 26.2 Å². The summed E-state index contributed by atoms with van der Waals surface area (Å²) < 4.78 is 10.7. The van der Waals surface area contributed by atoms with Gasteiger partial charge >= 0.3 is 5.97 Å². The van der Waals surface area contributed by atoms with E-state index >= 15 is 0 Å². The Balaban J connectivity index is 1.52. The van der Waals surface area contributed by atoms with Crippen LogP contribution in [-0.4, -0.2) is 11.0 Å². The van der Waals surface area contributed by atoms with Crippen molar-refractivity contribution in [1.82, 2.24) is 4.98 Å². The van der Waals surface area contributed by atoms with Crippen LogP contribution in [0.25, 0.3) is 11.1 Å². The third-order valence-electron chi connectivity index (χ3n) is 3.46. The number of oxazole rings is 1. The predicted octanol–water partition coefficient (Wildman–Crippen LogP) is 4.72. The molecule has 0 amide bonds. The van der Waals surface area contributed by atoms with Gasteiger partial charge in [-0.15, -0.1) is 0 Å². The third-order valence-corrected chi connectivity index (χ3v) is 3.71. The molecule has 0 bridgehead atoms. The Hall–Kier alpha value is -2.33. The Morgan fingerprint density at radius 3 is 2.78 bits per heavy atom. The fourth-order valence-corrected chi connectivity index (χ4v) is 2.48. The predicted molar refractivity (Wildman–Crippen MR) is 88.8 cm³/mol. The van der Waals surface area contributed by atoms with Gasteiger partial charge in [-0.3, -0.25) is 4.79 Å². The smallest absolute Gasteiger partial charge is 0.311 e. The van der Waals surface area contributed by atoms with Crippen LogP contribution in [0, 0.1) is 6.92 Å². The Morgan fingerprint density at radius 2 is 2.00 bits per heavy atom. The molecule has 0 radical (unpaired) electrons. The first-order valence-electron chi connectivity index (χ1n) is 7.42. The molecular formula is C18H16ClNO3. The van der Waals surface area contributed by atoms with Gasteiger partial charge in [-0.2, -0.15) is 0 Å². The molecular weight excluding hydrogens is 314 g/mol. The number of esters is 1. The van der Waals surface area contributed by atoms with Crippen LogP contribution >= 0.6 is 11.6 Å². The highest BCUT2D eigenvalue weighted by Gasteiger charge is 2.08. The number of fused-ring (bicyclic) bond motifs is 1. The molecule has 118 valence electrons. The highest BCUT2D eigenvalue weighted by Crippen LogP contribution is 2.21. The van der Waals surface area contributed by atoms with E-state index in [0.717, 1.165) is 18.4 Å². The van der Waals surface area contributed by atoms with E-state index in [9.17, 15) is 4.79 Å². The minimum absolute atomic E-state index is 0.251. The van der Waals surface area contributed by atoms with Crippen molar-refractivity contribution in [3.8, 4) is 5.75 Å². The summed E-state index contributed by atoms with van der Waals surface area (Å²) in [7, 11) is 0. The molecule has 0 aliphatic rings. The molecule has 0 atom stereocenters. The molecule has 5 heteroatoms. The average molecular weight is 330 g/mol.